The molecule has 32 heavy (non-hydrogen) atoms. The number of rotatable bonds is 7. The standard InChI is InChI=1S/C27H27N3OS/c1-3-4-11-25-29-19(2)26(24-10-7-16-32-24)27(31)30(25)18-20-12-14-21(15-13-20)23-9-6-5-8-22(23)17-28/h5-6,8-10,12-15H,3-4,7,11,16,18H2,1-2H3. The van der Waals surface area contributed by atoms with E-state index in [0.29, 0.717) is 12.1 Å². The van der Waals surface area contributed by atoms with Gasteiger partial charge in [0, 0.05) is 17.1 Å². The predicted octanol–water partition coefficient (Wildman–Crippen LogP) is 5.96. The van der Waals surface area contributed by atoms with E-state index in [1.165, 1.54) is 0 Å². The maximum Gasteiger partial charge on any atom is 0.262 e. The number of benzene rings is 2. The van der Waals surface area contributed by atoms with E-state index in [1.807, 2.05) is 60.0 Å². The number of aromatic nitrogens is 2. The van der Waals surface area contributed by atoms with E-state index < -0.39 is 0 Å². The van der Waals surface area contributed by atoms with Crippen LogP contribution in [-0.2, 0) is 13.0 Å². The van der Waals surface area contributed by atoms with Gasteiger partial charge < -0.3 is 0 Å². The first-order valence-corrected chi connectivity index (χ1v) is 12.1. The van der Waals surface area contributed by atoms with E-state index in [9.17, 15) is 10.1 Å². The minimum absolute atomic E-state index is 0.0585. The number of thioether (sulfide) groups is 1. The van der Waals surface area contributed by atoms with Crippen molar-refractivity contribution in [1.29, 1.82) is 5.26 Å². The highest BCUT2D eigenvalue weighted by atomic mass is 32.2. The Balaban J connectivity index is 1.70. The average molecular weight is 442 g/mol. The van der Waals surface area contributed by atoms with Crippen LogP contribution in [0, 0.1) is 18.3 Å². The molecule has 0 saturated carbocycles. The molecule has 3 aromatic rings. The van der Waals surface area contributed by atoms with Gasteiger partial charge >= 0.3 is 0 Å². The van der Waals surface area contributed by atoms with E-state index in [2.05, 4.69) is 19.1 Å². The Morgan fingerprint density at radius 3 is 2.62 bits per heavy atom. The van der Waals surface area contributed by atoms with Crippen molar-refractivity contribution in [3.05, 3.63) is 93.2 Å². The molecule has 1 aliphatic rings. The smallest absolute Gasteiger partial charge is 0.262 e. The summed E-state index contributed by atoms with van der Waals surface area (Å²) < 4.78 is 1.86. The van der Waals surface area contributed by atoms with Gasteiger partial charge in [0.1, 0.15) is 5.82 Å². The molecule has 2 heterocycles. The van der Waals surface area contributed by atoms with Crippen LogP contribution in [0.25, 0.3) is 16.0 Å². The number of nitrogens with zero attached hydrogens (tertiary/aromatic N) is 3. The zero-order valence-electron chi connectivity index (χ0n) is 18.6. The van der Waals surface area contributed by atoms with E-state index in [0.717, 1.165) is 70.1 Å². The normalized spacial score (nSPS) is 13.1. The number of hydrogen-bond acceptors (Lipinski definition) is 4. The van der Waals surface area contributed by atoms with E-state index in [1.54, 1.807) is 11.8 Å². The fourth-order valence-corrected chi connectivity index (χ4v) is 5.16. The molecule has 0 bridgehead atoms. The van der Waals surface area contributed by atoms with E-state index >= 15 is 0 Å². The van der Waals surface area contributed by atoms with Gasteiger partial charge in [0.25, 0.3) is 5.56 Å². The maximum absolute atomic E-state index is 13.6. The summed E-state index contributed by atoms with van der Waals surface area (Å²) in [6, 6.07) is 18.0. The lowest BCUT2D eigenvalue weighted by atomic mass is 9.99. The van der Waals surface area contributed by atoms with Crippen molar-refractivity contribution < 1.29 is 0 Å². The van der Waals surface area contributed by atoms with Crippen molar-refractivity contribution >= 4 is 16.7 Å². The van der Waals surface area contributed by atoms with Crippen LogP contribution in [0.2, 0.25) is 0 Å². The monoisotopic (exact) mass is 441 g/mol. The molecule has 0 spiro atoms. The molecule has 0 aliphatic carbocycles. The first-order valence-electron chi connectivity index (χ1n) is 11.1. The number of nitriles is 1. The lowest BCUT2D eigenvalue weighted by molar-refractivity contribution is 0.631. The quantitative estimate of drug-likeness (QED) is 0.454. The van der Waals surface area contributed by atoms with Crippen molar-refractivity contribution in [3.8, 4) is 17.2 Å². The van der Waals surface area contributed by atoms with Crippen LogP contribution in [-0.4, -0.2) is 15.3 Å². The zero-order valence-corrected chi connectivity index (χ0v) is 19.4. The molecule has 4 nitrogen and oxygen atoms in total. The van der Waals surface area contributed by atoms with Crippen molar-refractivity contribution in [2.75, 3.05) is 5.75 Å². The third kappa shape index (κ3) is 4.56. The van der Waals surface area contributed by atoms with E-state index in [4.69, 9.17) is 4.98 Å². The Hall–Kier alpha value is -3.10. The minimum atomic E-state index is 0.0585. The van der Waals surface area contributed by atoms with Crippen molar-refractivity contribution in [1.82, 2.24) is 9.55 Å². The van der Waals surface area contributed by atoms with Gasteiger partial charge in [-0.1, -0.05) is 61.9 Å². The number of hydrogen-bond donors (Lipinski definition) is 0. The highest BCUT2D eigenvalue weighted by Gasteiger charge is 2.20. The summed E-state index contributed by atoms with van der Waals surface area (Å²) >= 11 is 1.75. The molecule has 0 atom stereocenters. The van der Waals surface area contributed by atoms with Crippen LogP contribution in [0.1, 0.15) is 54.4 Å². The van der Waals surface area contributed by atoms with Crippen molar-refractivity contribution in [2.24, 2.45) is 0 Å². The molecule has 0 fully saturated rings. The fourth-order valence-electron chi connectivity index (χ4n) is 4.09. The summed E-state index contributed by atoms with van der Waals surface area (Å²) in [6.07, 6.45) is 6.03. The molecule has 0 amide bonds. The van der Waals surface area contributed by atoms with Gasteiger partial charge in [-0.15, -0.1) is 11.8 Å². The van der Waals surface area contributed by atoms with Crippen LogP contribution in [0.3, 0.4) is 0 Å². The summed E-state index contributed by atoms with van der Waals surface area (Å²) in [7, 11) is 0. The maximum atomic E-state index is 13.6. The first-order chi connectivity index (χ1) is 15.6. The highest BCUT2D eigenvalue weighted by molar-refractivity contribution is 8.08. The first kappa shape index (κ1) is 22.1. The Morgan fingerprint density at radius 1 is 1.16 bits per heavy atom. The third-order valence-electron chi connectivity index (χ3n) is 5.79. The summed E-state index contributed by atoms with van der Waals surface area (Å²) in [4.78, 5) is 19.5. The second-order valence-corrected chi connectivity index (χ2v) is 9.18. The fraction of sp³-hybridized carbons (Fsp3) is 0.296. The lowest BCUT2D eigenvalue weighted by Crippen LogP contribution is -2.29. The van der Waals surface area contributed by atoms with Crippen LogP contribution >= 0.6 is 11.8 Å². The molecule has 0 unspecified atom stereocenters. The summed E-state index contributed by atoms with van der Waals surface area (Å²) in [5, 5.41) is 9.40. The highest BCUT2D eigenvalue weighted by Crippen LogP contribution is 2.33. The largest absolute Gasteiger partial charge is 0.292 e. The molecule has 1 aromatic heterocycles. The Labute approximate surface area is 193 Å². The summed E-state index contributed by atoms with van der Waals surface area (Å²) in [6.45, 7) is 4.61. The van der Waals surface area contributed by atoms with Gasteiger partial charge in [0.2, 0.25) is 0 Å². The molecule has 0 N–H and O–H groups in total. The molecular weight excluding hydrogens is 414 g/mol. The lowest BCUT2D eigenvalue weighted by Gasteiger charge is -2.16. The van der Waals surface area contributed by atoms with Gasteiger partial charge in [-0.25, -0.2) is 4.98 Å². The minimum Gasteiger partial charge on any atom is -0.292 e. The predicted molar refractivity (Wildman–Crippen MR) is 133 cm³/mol. The van der Waals surface area contributed by atoms with Gasteiger partial charge in [0.05, 0.1) is 29.4 Å². The second kappa shape index (κ2) is 10.0. The number of aryl methyl sites for hydroxylation is 2. The zero-order chi connectivity index (χ0) is 22.5. The van der Waals surface area contributed by atoms with E-state index in [-0.39, 0.29) is 5.56 Å². The van der Waals surface area contributed by atoms with Crippen molar-refractivity contribution in [3.63, 3.8) is 0 Å². The van der Waals surface area contributed by atoms with Crippen LogP contribution in [0.5, 0.6) is 0 Å². The molecule has 0 radical (unpaired) electrons. The number of unbranched alkanes of at least 4 members (excludes halogenated alkanes) is 1. The second-order valence-electron chi connectivity index (χ2n) is 8.04. The van der Waals surface area contributed by atoms with Crippen LogP contribution in [0.4, 0.5) is 0 Å². The molecule has 0 saturated heterocycles. The SMILES string of the molecule is CCCCc1nc(C)c(C2=CCCS2)c(=O)n1Cc1ccc(-c2ccccc2C#N)cc1. The Bertz CT molecular complexity index is 1250. The topological polar surface area (TPSA) is 58.7 Å². The Kier molecular flexibility index (Phi) is 6.92. The van der Waals surface area contributed by atoms with Crippen molar-refractivity contribution in [2.45, 2.75) is 46.1 Å². The molecule has 5 heteroatoms. The Morgan fingerprint density at radius 2 is 1.94 bits per heavy atom. The van der Waals surface area contributed by atoms with Gasteiger partial charge in [0.15, 0.2) is 0 Å². The average Bonchev–Trinajstić information content (AvgIpc) is 3.34. The summed E-state index contributed by atoms with van der Waals surface area (Å²) in [5.41, 5.74) is 5.28. The van der Waals surface area contributed by atoms with Crippen LogP contribution < -0.4 is 5.56 Å². The molecular formula is C27H27N3OS. The third-order valence-corrected chi connectivity index (χ3v) is 6.91. The van der Waals surface area contributed by atoms with Crippen LogP contribution in [0.15, 0.2) is 59.4 Å². The van der Waals surface area contributed by atoms with Gasteiger partial charge in [-0.3, -0.25) is 9.36 Å². The molecule has 1 aliphatic heterocycles. The van der Waals surface area contributed by atoms with Gasteiger partial charge in [-0.05, 0) is 42.5 Å². The molecule has 162 valence electrons. The van der Waals surface area contributed by atoms with Gasteiger partial charge in [-0.2, -0.15) is 5.26 Å². The molecule has 4 rings (SSSR count). The molecule has 2 aromatic carbocycles. The summed E-state index contributed by atoms with van der Waals surface area (Å²) in [5.74, 6) is 1.89. The number of allylic oxidation sites excluding steroid dienone is 1.